The van der Waals surface area contributed by atoms with Gasteiger partial charge in [-0.15, -0.1) is 0 Å². The summed E-state index contributed by atoms with van der Waals surface area (Å²) in [5, 5.41) is 0. The molecule has 2 amide bonds. The van der Waals surface area contributed by atoms with Crippen LogP contribution in [-0.2, 0) is 19.1 Å². The van der Waals surface area contributed by atoms with Crippen LogP contribution in [0.2, 0.25) is 0 Å². The highest BCUT2D eigenvalue weighted by molar-refractivity contribution is 9.10. The van der Waals surface area contributed by atoms with E-state index in [1.807, 2.05) is 56.0 Å². The number of nitrogens with zero attached hydrogens (tertiary/aromatic N) is 2. The third kappa shape index (κ3) is 3.06. The van der Waals surface area contributed by atoms with Crippen molar-refractivity contribution in [1.29, 1.82) is 0 Å². The van der Waals surface area contributed by atoms with E-state index in [9.17, 15) is 14.4 Å². The summed E-state index contributed by atoms with van der Waals surface area (Å²) in [6.07, 6.45) is 3.95. The molecule has 3 aliphatic rings. The molecular weight excluding hydrogens is 436 g/mol. The van der Waals surface area contributed by atoms with Crippen LogP contribution < -0.4 is 4.90 Å². The summed E-state index contributed by atoms with van der Waals surface area (Å²) in [6, 6.07) is 4.89. The number of ether oxygens (including phenoxy) is 1. The number of ketones is 1. The maximum absolute atomic E-state index is 13.5. The Morgan fingerprint density at radius 3 is 2.52 bits per heavy atom. The maximum atomic E-state index is 13.5. The molecule has 0 aliphatic carbocycles. The average Bonchev–Trinajstić information content (AvgIpc) is 3.12. The molecule has 0 N–H and O–H groups in total. The predicted octanol–water partition coefficient (Wildman–Crippen LogP) is 2.90. The highest BCUT2D eigenvalue weighted by Gasteiger charge is 2.64. The molecule has 0 spiro atoms. The third-order valence-electron chi connectivity index (χ3n) is 6.09. The summed E-state index contributed by atoms with van der Waals surface area (Å²) >= 11 is 3.49. The standard InChI is InChI=1S/C22H25BrN2O4/c1-22(2,3)19(26)18-17-16(20(27)24(21(17)28)9-10-29-4)15-7-5-12-11-13(23)6-8-14(12)25(15)18/h5-8,11,15-18H,9-10H2,1-4H3/t15-,16-,17-,18-/m0/s1. The first-order valence-corrected chi connectivity index (χ1v) is 10.6. The van der Waals surface area contributed by atoms with Crippen LogP contribution in [0.3, 0.4) is 0 Å². The fourth-order valence-corrected chi connectivity index (χ4v) is 5.13. The van der Waals surface area contributed by atoms with E-state index >= 15 is 0 Å². The number of carbonyl (C=O) groups is 3. The van der Waals surface area contributed by atoms with E-state index in [0.717, 1.165) is 15.7 Å². The van der Waals surface area contributed by atoms with Gasteiger partial charge in [0.2, 0.25) is 11.8 Å². The Morgan fingerprint density at radius 2 is 1.86 bits per heavy atom. The molecule has 0 unspecified atom stereocenters. The van der Waals surface area contributed by atoms with Crippen LogP contribution in [0.25, 0.3) is 6.08 Å². The van der Waals surface area contributed by atoms with Crippen LogP contribution in [0, 0.1) is 17.3 Å². The van der Waals surface area contributed by atoms with E-state index in [1.165, 1.54) is 4.90 Å². The van der Waals surface area contributed by atoms with E-state index in [-0.39, 0.29) is 36.8 Å². The molecule has 154 valence electrons. The fourth-order valence-electron chi connectivity index (χ4n) is 4.75. The minimum atomic E-state index is -0.671. The van der Waals surface area contributed by atoms with Crippen molar-refractivity contribution in [3.63, 3.8) is 0 Å². The van der Waals surface area contributed by atoms with Gasteiger partial charge >= 0.3 is 0 Å². The van der Waals surface area contributed by atoms with E-state index < -0.39 is 23.3 Å². The quantitative estimate of drug-likeness (QED) is 0.646. The van der Waals surface area contributed by atoms with E-state index in [4.69, 9.17) is 4.74 Å². The number of imide groups is 1. The van der Waals surface area contributed by atoms with Crippen molar-refractivity contribution in [3.05, 3.63) is 34.3 Å². The van der Waals surface area contributed by atoms with Gasteiger partial charge in [-0.2, -0.15) is 0 Å². The number of fused-ring (bicyclic) bond motifs is 5. The molecule has 7 heteroatoms. The lowest BCUT2D eigenvalue weighted by molar-refractivity contribution is -0.142. The topological polar surface area (TPSA) is 66.9 Å². The van der Waals surface area contributed by atoms with Crippen molar-refractivity contribution in [1.82, 2.24) is 4.90 Å². The molecule has 0 aromatic heterocycles. The molecule has 1 aromatic carbocycles. The molecule has 3 aliphatic heterocycles. The van der Waals surface area contributed by atoms with Gasteiger partial charge in [0.05, 0.1) is 31.0 Å². The van der Waals surface area contributed by atoms with Gasteiger partial charge in [-0.25, -0.2) is 0 Å². The summed E-state index contributed by atoms with van der Waals surface area (Å²) in [4.78, 5) is 43.3. The number of hydrogen-bond acceptors (Lipinski definition) is 5. The first kappa shape index (κ1) is 20.3. The average molecular weight is 461 g/mol. The first-order valence-electron chi connectivity index (χ1n) is 9.81. The highest BCUT2D eigenvalue weighted by atomic mass is 79.9. The number of methoxy groups -OCH3 is 1. The van der Waals surface area contributed by atoms with Gasteiger partial charge in [-0.05, 0) is 23.8 Å². The fraction of sp³-hybridized carbons (Fsp3) is 0.500. The number of benzene rings is 1. The van der Waals surface area contributed by atoms with Gasteiger partial charge < -0.3 is 9.64 Å². The van der Waals surface area contributed by atoms with Gasteiger partial charge in [-0.3, -0.25) is 19.3 Å². The van der Waals surface area contributed by atoms with Gasteiger partial charge in [0.1, 0.15) is 6.04 Å². The summed E-state index contributed by atoms with van der Waals surface area (Å²) in [7, 11) is 1.54. The number of halogens is 1. The predicted molar refractivity (Wildman–Crippen MR) is 113 cm³/mol. The zero-order valence-corrected chi connectivity index (χ0v) is 18.6. The first-order chi connectivity index (χ1) is 13.7. The molecule has 6 nitrogen and oxygen atoms in total. The Hall–Kier alpha value is -1.99. The van der Waals surface area contributed by atoms with Crippen molar-refractivity contribution < 1.29 is 19.1 Å². The second-order valence-electron chi connectivity index (χ2n) is 8.89. The number of Topliss-reactive ketones (excluding diaryl/α,β-unsaturated/α-hetero) is 1. The molecule has 2 fully saturated rings. The van der Waals surface area contributed by atoms with E-state index in [0.29, 0.717) is 0 Å². The molecule has 2 saturated heterocycles. The number of rotatable bonds is 4. The molecule has 0 radical (unpaired) electrons. The second-order valence-corrected chi connectivity index (χ2v) is 9.81. The van der Waals surface area contributed by atoms with E-state index in [1.54, 1.807) is 7.11 Å². The summed E-state index contributed by atoms with van der Waals surface area (Å²) in [5.74, 6) is -1.71. The lowest BCUT2D eigenvalue weighted by Crippen LogP contribution is -2.51. The molecule has 4 atom stereocenters. The summed E-state index contributed by atoms with van der Waals surface area (Å²) in [6.45, 7) is 6.10. The van der Waals surface area contributed by atoms with Crippen LogP contribution in [0.4, 0.5) is 5.69 Å². The third-order valence-corrected chi connectivity index (χ3v) is 6.58. The zero-order chi connectivity index (χ0) is 21.1. The minimum Gasteiger partial charge on any atom is -0.383 e. The van der Waals surface area contributed by atoms with Crippen molar-refractivity contribution >= 4 is 45.3 Å². The summed E-state index contributed by atoms with van der Waals surface area (Å²) in [5.41, 5.74) is 1.23. The van der Waals surface area contributed by atoms with Crippen molar-refractivity contribution in [2.24, 2.45) is 17.3 Å². The maximum Gasteiger partial charge on any atom is 0.235 e. The second kappa shape index (κ2) is 7.06. The Bertz CT molecular complexity index is 920. The molecule has 4 rings (SSSR count). The Balaban J connectivity index is 1.83. The van der Waals surface area contributed by atoms with E-state index in [2.05, 4.69) is 15.9 Å². The Kier molecular flexibility index (Phi) is 4.94. The van der Waals surface area contributed by atoms with Crippen molar-refractivity contribution in [2.75, 3.05) is 25.2 Å². The van der Waals surface area contributed by atoms with Gasteiger partial charge in [0, 0.05) is 22.7 Å². The van der Waals surface area contributed by atoms with Crippen LogP contribution >= 0.6 is 15.9 Å². The minimum absolute atomic E-state index is 0.0195. The number of anilines is 1. The van der Waals surface area contributed by atoms with Crippen LogP contribution in [0.5, 0.6) is 0 Å². The lowest BCUT2D eigenvalue weighted by atomic mass is 9.79. The largest absolute Gasteiger partial charge is 0.383 e. The monoisotopic (exact) mass is 460 g/mol. The highest BCUT2D eigenvalue weighted by Crippen LogP contribution is 2.50. The van der Waals surface area contributed by atoms with Gasteiger partial charge in [0.25, 0.3) is 0 Å². The SMILES string of the molecule is COCCN1C(=O)[C@@H]2[C@H](C1=O)[C@@H](C(=O)C(C)(C)C)N1c3ccc(Br)cc3C=C[C@@H]21. The van der Waals surface area contributed by atoms with Crippen LogP contribution in [0.15, 0.2) is 28.7 Å². The van der Waals surface area contributed by atoms with Gasteiger partial charge in [0.15, 0.2) is 5.78 Å². The molecule has 29 heavy (non-hydrogen) atoms. The number of amides is 2. The van der Waals surface area contributed by atoms with Gasteiger partial charge in [-0.1, -0.05) is 48.9 Å². The van der Waals surface area contributed by atoms with Crippen molar-refractivity contribution in [3.8, 4) is 0 Å². The normalized spacial score (nSPS) is 27.9. The number of likely N-dealkylation sites (tertiary alicyclic amines) is 1. The zero-order valence-electron chi connectivity index (χ0n) is 17.0. The molecule has 3 heterocycles. The smallest absolute Gasteiger partial charge is 0.235 e. The van der Waals surface area contributed by atoms with Crippen LogP contribution in [0.1, 0.15) is 26.3 Å². The lowest BCUT2D eigenvalue weighted by Gasteiger charge is -2.38. The molecular formula is C22H25BrN2O4. The van der Waals surface area contributed by atoms with Crippen molar-refractivity contribution in [2.45, 2.75) is 32.9 Å². The summed E-state index contributed by atoms with van der Waals surface area (Å²) < 4.78 is 6.01. The molecule has 0 saturated carbocycles. The van der Waals surface area contributed by atoms with Crippen LogP contribution in [-0.4, -0.2) is 54.8 Å². The number of hydrogen-bond donors (Lipinski definition) is 0. The molecule has 1 aromatic rings. The number of carbonyl (C=O) groups excluding carboxylic acids is 3. The Morgan fingerprint density at radius 1 is 1.17 bits per heavy atom. The Labute approximate surface area is 179 Å². The molecule has 0 bridgehead atoms.